The summed E-state index contributed by atoms with van der Waals surface area (Å²) in [6.07, 6.45) is 6.18. The number of ether oxygens (including phenoxy) is 1. The highest BCUT2D eigenvalue weighted by molar-refractivity contribution is 7.14. The maximum absolute atomic E-state index is 13.4. The average Bonchev–Trinajstić information content (AvgIpc) is 3.18. The molecule has 2 heterocycles. The van der Waals surface area contributed by atoms with Crippen molar-refractivity contribution < 1.29 is 9.53 Å². The number of hydrogen-bond acceptors (Lipinski definition) is 5. The molecule has 1 fully saturated rings. The number of hydrogen-bond donors (Lipinski definition) is 0. The molecule has 1 amide bonds. The van der Waals surface area contributed by atoms with E-state index >= 15 is 0 Å². The van der Waals surface area contributed by atoms with Crippen LogP contribution in [0.25, 0.3) is 11.3 Å². The molecule has 0 aliphatic carbocycles. The molecule has 32 heavy (non-hydrogen) atoms. The standard InChI is InChI=1S/C26H31N3O2S/c1-31-23-14-12-21(13-15-23)24-20-32-26(27-24)29(25(30)22-10-5-4-6-11-22)19-9-18-28-16-7-2-3-8-17-28/h4-6,10-15,20H,2-3,7-9,16-19H2,1H3. The second kappa shape index (κ2) is 11.2. The first-order valence-corrected chi connectivity index (χ1v) is 12.3. The van der Waals surface area contributed by atoms with E-state index in [1.165, 1.54) is 50.1 Å². The molecular weight excluding hydrogens is 418 g/mol. The first-order valence-electron chi connectivity index (χ1n) is 11.4. The molecule has 0 radical (unpaired) electrons. The lowest BCUT2D eigenvalue weighted by Crippen LogP contribution is -2.34. The molecule has 6 heteroatoms. The van der Waals surface area contributed by atoms with Crippen molar-refractivity contribution >= 4 is 22.4 Å². The lowest BCUT2D eigenvalue weighted by Gasteiger charge is -2.23. The van der Waals surface area contributed by atoms with Crippen LogP contribution in [-0.2, 0) is 0 Å². The minimum absolute atomic E-state index is 0.0112. The monoisotopic (exact) mass is 449 g/mol. The van der Waals surface area contributed by atoms with Gasteiger partial charge in [-0.25, -0.2) is 4.98 Å². The van der Waals surface area contributed by atoms with Gasteiger partial charge in [-0.1, -0.05) is 31.0 Å². The Labute approximate surface area is 194 Å². The molecule has 0 bridgehead atoms. The first-order chi connectivity index (χ1) is 15.7. The Kier molecular flexibility index (Phi) is 7.91. The van der Waals surface area contributed by atoms with E-state index in [1.54, 1.807) is 7.11 Å². The molecule has 1 aromatic heterocycles. The third-order valence-corrected chi connectivity index (χ3v) is 6.79. The van der Waals surface area contributed by atoms with E-state index in [-0.39, 0.29) is 5.91 Å². The summed E-state index contributed by atoms with van der Waals surface area (Å²) in [6, 6.07) is 17.4. The number of amides is 1. The van der Waals surface area contributed by atoms with Crippen molar-refractivity contribution in [3.05, 3.63) is 65.5 Å². The molecule has 0 N–H and O–H groups in total. The van der Waals surface area contributed by atoms with Crippen molar-refractivity contribution in [2.75, 3.05) is 38.2 Å². The van der Waals surface area contributed by atoms with Crippen LogP contribution < -0.4 is 9.64 Å². The fourth-order valence-corrected chi connectivity index (χ4v) is 4.97. The van der Waals surface area contributed by atoms with E-state index in [0.29, 0.717) is 12.1 Å². The predicted molar refractivity (Wildman–Crippen MR) is 132 cm³/mol. The normalized spacial score (nSPS) is 14.7. The summed E-state index contributed by atoms with van der Waals surface area (Å²) < 4.78 is 5.26. The summed E-state index contributed by atoms with van der Waals surface area (Å²) in [5.74, 6) is 0.829. The van der Waals surface area contributed by atoms with Crippen molar-refractivity contribution in [3.63, 3.8) is 0 Å². The Morgan fingerprint density at radius 3 is 2.44 bits per heavy atom. The number of likely N-dealkylation sites (tertiary alicyclic amines) is 1. The van der Waals surface area contributed by atoms with Gasteiger partial charge in [-0.3, -0.25) is 9.69 Å². The second-order valence-corrected chi connectivity index (χ2v) is 9.01. The fourth-order valence-electron chi connectivity index (χ4n) is 4.12. The third kappa shape index (κ3) is 5.75. The number of carbonyl (C=O) groups is 1. The molecule has 0 saturated carbocycles. The minimum Gasteiger partial charge on any atom is -0.497 e. The van der Waals surface area contributed by atoms with Crippen LogP contribution >= 0.6 is 11.3 Å². The van der Waals surface area contributed by atoms with Crippen LogP contribution in [-0.4, -0.2) is 49.1 Å². The number of nitrogens with zero attached hydrogens (tertiary/aromatic N) is 3. The van der Waals surface area contributed by atoms with Crippen molar-refractivity contribution in [1.82, 2.24) is 9.88 Å². The van der Waals surface area contributed by atoms with Crippen LogP contribution in [0.15, 0.2) is 60.0 Å². The van der Waals surface area contributed by atoms with Gasteiger partial charge in [0, 0.05) is 23.1 Å². The zero-order valence-corrected chi connectivity index (χ0v) is 19.5. The summed E-state index contributed by atoms with van der Waals surface area (Å²) in [4.78, 5) is 22.6. The molecule has 0 spiro atoms. The maximum Gasteiger partial charge on any atom is 0.260 e. The highest BCUT2D eigenvalue weighted by atomic mass is 32.1. The van der Waals surface area contributed by atoms with E-state index in [2.05, 4.69) is 4.90 Å². The quantitative estimate of drug-likeness (QED) is 0.440. The molecule has 1 saturated heterocycles. The van der Waals surface area contributed by atoms with Crippen LogP contribution in [0.5, 0.6) is 5.75 Å². The Morgan fingerprint density at radius 1 is 1.03 bits per heavy atom. The number of anilines is 1. The first kappa shape index (κ1) is 22.5. The number of rotatable bonds is 8. The molecule has 1 aliphatic rings. The van der Waals surface area contributed by atoms with Gasteiger partial charge < -0.3 is 9.64 Å². The van der Waals surface area contributed by atoms with Crippen LogP contribution in [0.1, 0.15) is 42.5 Å². The van der Waals surface area contributed by atoms with E-state index in [1.807, 2.05) is 64.9 Å². The van der Waals surface area contributed by atoms with Crippen molar-refractivity contribution in [2.24, 2.45) is 0 Å². The summed E-state index contributed by atoms with van der Waals surface area (Å²) in [5.41, 5.74) is 2.60. The largest absolute Gasteiger partial charge is 0.497 e. The van der Waals surface area contributed by atoms with Crippen molar-refractivity contribution in [1.29, 1.82) is 0 Å². The average molecular weight is 450 g/mol. The molecule has 3 aromatic rings. The molecule has 2 aromatic carbocycles. The van der Waals surface area contributed by atoms with E-state index in [4.69, 9.17) is 9.72 Å². The zero-order valence-electron chi connectivity index (χ0n) is 18.7. The number of methoxy groups -OCH3 is 1. The number of aromatic nitrogens is 1. The van der Waals surface area contributed by atoms with Gasteiger partial charge in [0.2, 0.25) is 0 Å². The Morgan fingerprint density at radius 2 is 1.75 bits per heavy atom. The fraction of sp³-hybridized carbons (Fsp3) is 0.385. The van der Waals surface area contributed by atoms with Gasteiger partial charge in [0.25, 0.3) is 5.91 Å². The van der Waals surface area contributed by atoms with Crippen molar-refractivity contribution in [3.8, 4) is 17.0 Å². The Balaban J connectivity index is 1.50. The van der Waals surface area contributed by atoms with Gasteiger partial charge >= 0.3 is 0 Å². The molecule has 1 aliphatic heterocycles. The van der Waals surface area contributed by atoms with Gasteiger partial charge in [0.1, 0.15) is 5.75 Å². The topological polar surface area (TPSA) is 45.7 Å². The van der Waals surface area contributed by atoms with Gasteiger partial charge in [0.05, 0.1) is 12.8 Å². The number of benzene rings is 2. The molecular formula is C26H31N3O2S. The molecule has 4 rings (SSSR count). The summed E-state index contributed by atoms with van der Waals surface area (Å²) in [6.45, 7) is 4.03. The highest BCUT2D eigenvalue weighted by Gasteiger charge is 2.21. The zero-order chi connectivity index (χ0) is 22.2. The smallest absolute Gasteiger partial charge is 0.260 e. The SMILES string of the molecule is COc1ccc(-c2csc(N(CCCN3CCCCCC3)C(=O)c3ccccc3)n2)cc1. The second-order valence-electron chi connectivity index (χ2n) is 8.18. The van der Waals surface area contributed by atoms with Crippen LogP contribution in [0.4, 0.5) is 5.13 Å². The lowest BCUT2D eigenvalue weighted by molar-refractivity contribution is 0.0985. The van der Waals surface area contributed by atoms with Gasteiger partial charge in [0.15, 0.2) is 5.13 Å². The van der Waals surface area contributed by atoms with Crippen LogP contribution in [0.3, 0.4) is 0 Å². The number of thiazole rings is 1. The Hall–Kier alpha value is -2.70. The molecule has 168 valence electrons. The lowest BCUT2D eigenvalue weighted by atomic mass is 10.2. The third-order valence-electron chi connectivity index (χ3n) is 5.93. The minimum atomic E-state index is 0.0112. The maximum atomic E-state index is 13.4. The van der Waals surface area contributed by atoms with Crippen LogP contribution in [0, 0.1) is 0 Å². The summed E-state index contributed by atoms with van der Waals surface area (Å²) in [7, 11) is 1.66. The molecule has 0 unspecified atom stereocenters. The van der Waals surface area contributed by atoms with E-state index in [0.717, 1.165) is 35.1 Å². The van der Waals surface area contributed by atoms with Gasteiger partial charge in [-0.15, -0.1) is 11.3 Å². The summed E-state index contributed by atoms with van der Waals surface area (Å²) in [5, 5.41) is 2.78. The Bertz CT molecular complexity index is 980. The van der Waals surface area contributed by atoms with Gasteiger partial charge in [-0.05, 0) is 75.3 Å². The van der Waals surface area contributed by atoms with Crippen LogP contribution in [0.2, 0.25) is 0 Å². The van der Waals surface area contributed by atoms with E-state index in [9.17, 15) is 4.79 Å². The predicted octanol–water partition coefficient (Wildman–Crippen LogP) is 5.73. The number of carbonyl (C=O) groups excluding carboxylic acids is 1. The van der Waals surface area contributed by atoms with Crippen molar-refractivity contribution in [2.45, 2.75) is 32.1 Å². The molecule has 0 atom stereocenters. The summed E-state index contributed by atoms with van der Waals surface area (Å²) >= 11 is 1.52. The highest BCUT2D eigenvalue weighted by Crippen LogP contribution is 2.29. The van der Waals surface area contributed by atoms with Gasteiger partial charge in [-0.2, -0.15) is 0 Å². The molecule has 5 nitrogen and oxygen atoms in total. The van der Waals surface area contributed by atoms with E-state index < -0.39 is 0 Å².